The van der Waals surface area contributed by atoms with Crippen LogP contribution in [0.2, 0.25) is 0 Å². The molecule has 100 valence electrons. The maximum Gasteiger partial charge on any atom is 0.235 e. The third-order valence-electron chi connectivity index (χ3n) is 3.45. The summed E-state index contributed by atoms with van der Waals surface area (Å²) in [4.78, 5) is 15.9. The highest BCUT2D eigenvalue weighted by Crippen LogP contribution is 2.13. The highest BCUT2D eigenvalue weighted by Gasteiger charge is 2.24. The van der Waals surface area contributed by atoms with E-state index in [1.54, 1.807) is 0 Å². The van der Waals surface area contributed by atoms with Gasteiger partial charge in [0.05, 0.1) is 6.04 Å². The van der Waals surface area contributed by atoms with Crippen molar-refractivity contribution in [2.75, 3.05) is 40.3 Å². The summed E-state index contributed by atoms with van der Waals surface area (Å²) in [5, 5.41) is 3.14. The summed E-state index contributed by atoms with van der Waals surface area (Å²) < 4.78 is 0. The second-order valence-corrected chi connectivity index (χ2v) is 5.03. The van der Waals surface area contributed by atoms with E-state index in [2.05, 4.69) is 29.2 Å². The molecule has 1 amide bonds. The number of amides is 1. The van der Waals surface area contributed by atoms with E-state index in [-0.39, 0.29) is 11.9 Å². The molecule has 0 saturated carbocycles. The van der Waals surface area contributed by atoms with Gasteiger partial charge < -0.3 is 16.0 Å². The molecule has 1 fully saturated rings. The van der Waals surface area contributed by atoms with Crippen molar-refractivity contribution in [3.8, 4) is 0 Å². The minimum atomic E-state index is -0.251. The first-order valence-corrected chi connectivity index (χ1v) is 6.46. The molecule has 0 aliphatic carbocycles. The van der Waals surface area contributed by atoms with Gasteiger partial charge in [-0.1, -0.05) is 6.92 Å². The van der Waals surface area contributed by atoms with Gasteiger partial charge in [-0.25, -0.2) is 0 Å². The Morgan fingerprint density at radius 1 is 1.59 bits per heavy atom. The topological polar surface area (TPSA) is 61.6 Å². The number of nitrogens with two attached hydrogens (primary N) is 1. The number of rotatable bonds is 6. The van der Waals surface area contributed by atoms with Gasteiger partial charge in [0, 0.05) is 19.1 Å². The second-order valence-electron chi connectivity index (χ2n) is 5.03. The molecular formula is C12H26N4O. The van der Waals surface area contributed by atoms with Crippen LogP contribution in [0, 0.1) is 0 Å². The Labute approximate surface area is 104 Å². The zero-order valence-corrected chi connectivity index (χ0v) is 11.3. The molecule has 5 nitrogen and oxygen atoms in total. The van der Waals surface area contributed by atoms with E-state index in [1.807, 2.05) is 6.92 Å². The number of carbonyl (C=O) groups excluding carboxylic acids is 1. The van der Waals surface area contributed by atoms with Gasteiger partial charge in [0.25, 0.3) is 0 Å². The number of hydrogen-bond acceptors (Lipinski definition) is 4. The summed E-state index contributed by atoms with van der Waals surface area (Å²) in [5.74, 6) is -0.251. The molecule has 5 heteroatoms. The van der Waals surface area contributed by atoms with Gasteiger partial charge in [0.1, 0.15) is 0 Å². The predicted octanol–water partition coefficient (Wildman–Crippen LogP) is -0.524. The predicted molar refractivity (Wildman–Crippen MR) is 69.8 cm³/mol. The molecule has 2 atom stereocenters. The van der Waals surface area contributed by atoms with Gasteiger partial charge in [-0.05, 0) is 40.0 Å². The average Bonchev–Trinajstić information content (AvgIpc) is 2.28. The van der Waals surface area contributed by atoms with Gasteiger partial charge in [0.15, 0.2) is 0 Å². The summed E-state index contributed by atoms with van der Waals surface area (Å²) in [7, 11) is 4.23. The number of likely N-dealkylation sites (tertiary alicyclic amines) is 1. The van der Waals surface area contributed by atoms with E-state index >= 15 is 0 Å². The highest BCUT2D eigenvalue weighted by atomic mass is 16.1. The van der Waals surface area contributed by atoms with Crippen LogP contribution in [0.25, 0.3) is 0 Å². The minimum absolute atomic E-state index is 0.221. The second kappa shape index (κ2) is 6.93. The SMILES string of the molecule is CCNC(CN1CCCC(N(C)C)C1)C(N)=O. The Morgan fingerprint density at radius 3 is 2.82 bits per heavy atom. The first-order valence-electron chi connectivity index (χ1n) is 6.46. The van der Waals surface area contributed by atoms with Gasteiger partial charge in [-0.15, -0.1) is 0 Å². The van der Waals surface area contributed by atoms with Crippen LogP contribution in [0.1, 0.15) is 19.8 Å². The Morgan fingerprint density at radius 2 is 2.29 bits per heavy atom. The molecular weight excluding hydrogens is 216 g/mol. The Balaban J connectivity index is 2.46. The number of hydrogen-bond donors (Lipinski definition) is 2. The molecule has 3 N–H and O–H groups in total. The van der Waals surface area contributed by atoms with Gasteiger partial charge in [0.2, 0.25) is 5.91 Å². The molecule has 1 aliphatic rings. The molecule has 0 bridgehead atoms. The van der Waals surface area contributed by atoms with Crippen LogP contribution in [-0.4, -0.2) is 68.1 Å². The summed E-state index contributed by atoms with van der Waals surface area (Å²) in [6.07, 6.45) is 2.44. The summed E-state index contributed by atoms with van der Waals surface area (Å²) in [5.41, 5.74) is 5.40. The van der Waals surface area contributed by atoms with Crippen LogP contribution in [-0.2, 0) is 4.79 Å². The van der Waals surface area contributed by atoms with Crippen molar-refractivity contribution in [3.05, 3.63) is 0 Å². The van der Waals surface area contributed by atoms with Crippen molar-refractivity contribution in [3.63, 3.8) is 0 Å². The van der Waals surface area contributed by atoms with Crippen molar-refractivity contribution in [2.24, 2.45) is 5.73 Å². The van der Waals surface area contributed by atoms with Crippen LogP contribution in [0.4, 0.5) is 0 Å². The molecule has 0 aromatic carbocycles. The normalized spacial score (nSPS) is 23.9. The van der Waals surface area contributed by atoms with E-state index in [0.29, 0.717) is 6.04 Å². The largest absolute Gasteiger partial charge is 0.368 e. The molecule has 0 spiro atoms. The summed E-state index contributed by atoms with van der Waals surface area (Å²) in [6, 6.07) is 0.375. The van der Waals surface area contributed by atoms with Gasteiger partial charge in [-0.3, -0.25) is 9.69 Å². The molecule has 1 saturated heterocycles. The maximum absolute atomic E-state index is 11.3. The van der Waals surface area contributed by atoms with Crippen molar-refractivity contribution in [1.29, 1.82) is 0 Å². The molecule has 17 heavy (non-hydrogen) atoms. The number of nitrogens with zero attached hydrogens (tertiary/aromatic N) is 2. The first-order chi connectivity index (χ1) is 8.04. The van der Waals surface area contributed by atoms with Crippen molar-refractivity contribution in [2.45, 2.75) is 31.8 Å². The van der Waals surface area contributed by atoms with E-state index in [9.17, 15) is 4.79 Å². The lowest BCUT2D eigenvalue weighted by Crippen LogP contribution is -2.53. The Hall–Kier alpha value is -0.650. The highest BCUT2D eigenvalue weighted by molar-refractivity contribution is 5.80. The molecule has 0 radical (unpaired) electrons. The standard InChI is InChI=1S/C12H26N4O/c1-4-14-11(12(13)17)9-16-7-5-6-10(8-16)15(2)3/h10-11,14H,4-9H2,1-3H3,(H2,13,17). The lowest BCUT2D eigenvalue weighted by Gasteiger charge is -2.37. The third kappa shape index (κ3) is 4.61. The summed E-state index contributed by atoms with van der Waals surface area (Å²) in [6.45, 7) is 5.60. The van der Waals surface area contributed by atoms with Crippen LogP contribution in [0.5, 0.6) is 0 Å². The minimum Gasteiger partial charge on any atom is -0.368 e. The number of carbonyl (C=O) groups is 1. The Kier molecular flexibility index (Phi) is 5.88. The smallest absolute Gasteiger partial charge is 0.235 e. The van der Waals surface area contributed by atoms with E-state index < -0.39 is 0 Å². The zero-order chi connectivity index (χ0) is 12.8. The van der Waals surface area contributed by atoms with Crippen molar-refractivity contribution in [1.82, 2.24) is 15.1 Å². The fourth-order valence-electron chi connectivity index (χ4n) is 2.38. The average molecular weight is 242 g/mol. The third-order valence-corrected chi connectivity index (χ3v) is 3.45. The van der Waals surface area contributed by atoms with E-state index in [1.165, 1.54) is 12.8 Å². The van der Waals surface area contributed by atoms with E-state index in [0.717, 1.165) is 26.2 Å². The maximum atomic E-state index is 11.3. The van der Waals surface area contributed by atoms with Gasteiger partial charge in [-0.2, -0.15) is 0 Å². The molecule has 0 aromatic rings. The molecule has 0 aromatic heterocycles. The van der Waals surface area contributed by atoms with E-state index in [4.69, 9.17) is 5.73 Å². The monoisotopic (exact) mass is 242 g/mol. The summed E-state index contributed by atoms with van der Waals surface area (Å²) >= 11 is 0. The first kappa shape index (κ1) is 14.4. The van der Waals surface area contributed by atoms with Crippen LogP contribution >= 0.6 is 0 Å². The number of nitrogens with one attached hydrogen (secondary N) is 1. The fraction of sp³-hybridized carbons (Fsp3) is 0.917. The van der Waals surface area contributed by atoms with Crippen molar-refractivity contribution >= 4 is 5.91 Å². The Bertz CT molecular complexity index is 245. The number of likely N-dealkylation sites (N-methyl/N-ethyl adjacent to an activating group) is 2. The molecule has 1 rings (SSSR count). The molecule has 1 heterocycles. The fourth-order valence-corrected chi connectivity index (χ4v) is 2.38. The lowest BCUT2D eigenvalue weighted by atomic mass is 10.0. The van der Waals surface area contributed by atoms with Crippen molar-refractivity contribution < 1.29 is 4.79 Å². The molecule has 2 unspecified atom stereocenters. The zero-order valence-electron chi connectivity index (χ0n) is 11.3. The number of primary amides is 1. The van der Waals surface area contributed by atoms with Crippen LogP contribution < -0.4 is 11.1 Å². The number of piperidine rings is 1. The lowest BCUT2D eigenvalue weighted by molar-refractivity contribution is -0.120. The quantitative estimate of drug-likeness (QED) is 0.658. The van der Waals surface area contributed by atoms with Crippen LogP contribution in [0.3, 0.4) is 0 Å². The molecule has 1 aliphatic heterocycles. The van der Waals surface area contributed by atoms with Gasteiger partial charge >= 0.3 is 0 Å². The van der Waals surface area contributed by atoms with Crippen LogP contribution in [0.15, 0.2) is 0 Å².